The molecule has 1 saturated heterocycles. The molecule has 0 aromatic carbocycles. The lowest BCUT2D eigenvalue weighted by Crippen LogP contribution is -2.17. The number of anilines is 1. The normalized spacial score (nSPS) is 23.0. The van der Waals surface area contributed by atoms with E-state index in [-0.39, 0.29) is 17.2 Å². The molecule has 2 aromatic rings. The number of hydrogen-bond donors (Lipinski definition) is 3. The van der Waals surface area contributed by atoms with Crippen molar-refractivity contribution >= 4 is 36.3 Å². The van der Waals surface area contributed by atoms with Crippen LogP contribution in [0.2, 0.25) is 5.15 Å². The number of hydrogen-bond acceptors (Lipinski definition) is 6. The Morgan fingerprint density at radius 2 is 2.24 bits per heavy atom. The number of imidazole rings is 1. The van der Waals surface area contributed by atoms with Gasteiger partial charge in [-0.05, 0) is 12.8 Å². The van der Waals surface area contributed by atoms with E-state index in [2.05, 4.69) is 15.0 Å². The van der Waals surface area contributed by atoms with Crippen molar-refractivity contribution in [2.45, 2.75) is 31.3 Å². The monoisotopic (exact) mass is 333 g/mol. The Labute approximate surface area is 124 Å². The molecule has 21 heavy (non-hydrogen) atoms. The van der Waals surface area contributed by atoms with Gasteiger partial charge in [0, 0.05) is 0 Å². The van der Waals surface area contributed by atoms with E-state index < -0.39 is 13.4 Å². The number of nitrogen functional groups attached to an aromatic ring is 1. The molecule has 2 aromatic heterocycles. The molecule has 4 N–H and O–H groups in total. The van der Waals surface area contributed by atoms with Crippen LogP contribution in [0.1, 0.15) is 12.8 Å². The van der Waals surface area contributed by atoms with Crippen LogP contribution in [0, 0.1) is 0 Å². The van der Waals surface area contributed by atoms with Gasteiger partial charge in [0.2, 0.25) is 5.95 Å². The molecule has 0 radical (unpaired) electrons. The Bertz CT molecular complexity index is 732. The molecule has 1 aliphatic rings. The van der Waals surface area contributed by atoms with E-state index in [0.717, 1.165) is 0 Å². The van der Waals surface area contributed by atoms with Crippen LogP contribution in [-0.4, -0.2) is 41.3 Å². The van der Waals surface area contributed by atoms with Crippen LogP contribution in [0.15, 0.2) is 6.33 Å². The van der Waals surface area contributed by atoms with E-state index in [4.69, 9.17) is 31.9 Å². The summed E-state index contributed by atoms with van der Waals surface area (Å²) >= 11 is 5.93. The van der Waals surface area contributed by atoms with Gasteiger partial charge in [0.05, 0.1) is 19.0 Å². The first-order valence-corrected chi connectivity index (χ1v) is 8.25. The van der Waals surface area contributed by atoms with Crippen molar-refractivity contribution in [1.82, 2.24) is 19.5 Å². The Hall–Kier alpha value is -1.25. The number of halogens is 1. The summed E-state index contributed by atoms with van der Waals surface area (Å²) in [6.07, 6.45) is 2.07. The summed E-state index contributed by atoms with van der Waals surface area (Å²) in [5, 5.41) is 0.164. The molecule has 0 saturated carbocycles. The molecule has 0 bridgehead atoms. The third-order valence-corrected chi connectivity index (χ3v) is 4.69. The largest absolute Gasteiger partial charge is 0.368 e. The van der Waals surface area contributed by atoms with Crippen molar-refractivity contribution < 1.29 is 19.1 Å². The van der Waals surface area contributed by atoms with Crippen LogP contribution in [0.3, 0.4) is 0 Å². The highest BCUT2D eigenvalue weighted by Gasteiger charge is 2.37. The molecule has 9 nitrogen and oxygen atoms in total. The third-order valence-electron chi connectivity index (χ3n) is 3.30. The van der Waals surface area contributed by atoms with Crippen LogP contribution in [0.25, 0.3) is 11.2 Å². The van der Waals surface area contributed by atoms with Crippen LogP contribution in [-0.2, 0) is 15.8 Å². The van der Waals surface area contributed by atoms with Crippen molar-refractivity contribution in [2.75, 3.05) is 5.73 Å². The van der Waals surface area contributed by atoms with Gasteiger partial charge in [0.1, 0.15) is 5.52 Å². The van der Waals surface area contributed by atoms with Gasteiger partial charge in [0.15, 0.2) is 16.6 Å². The van der Waals surface area contributed by atoms with Crippen molar-refractivity contribution in [2.24, 2.45) is 0 Å². The van der Waals surface area contributed by atoms with Crippen LogP contribution < -0.4 is 5.73 Å². The second kappa shape index (κ2) is 5.19. The standard InChI is InChI=1S/C10H13ClN5O4P/c11-8-7-9(15-10(12)14-8)16(4-13-7)3-5-1-2-6(20-5)21(17,18)19/h4-6H,1-3H2,(H2,12,14,15)(H2,17,18,19). The summed E-state index contributed by atoms with van der Waals surface area (Å²) in [5.74, 6) is -1.00. The maximum atomic E-state index is 11.2. The second-order valence-electron chi connectivity index (χ2n) is 4.82. The molecular formula is C10H13ClN5O4P. The molecule has 0 spiro atoms. The van der Waals surface area contributed by atoms with Gasteiger partial charge in [-0.3, -0.25) is 4.57 Å². The zero-order valence-electron chi connectivity index (χ0n) is 10.8. The quantitative estimate of drug-likeness (QED) is 0.552. The predicted molar refractivity (Wildman–Crippen MR) is 74.7 cm³/mol. The first kappa shape index (κ1) is 14.7. The smallest absolute Gasteiger partial charge is 0.354 e. The van der Waals surface area contributed by atoms with E-state index in [1.54, 1.807) is 4.57 Å². The fraction of sp³-hybridized carbons (Fsp3) is 0.500. The van der Waals surface area contributed by atoms with Crippen LogP contribution in [0.5, 0.6) is 0 Å². The molecule has 11 heteroatoms. The third kappa shape index (κ3) is 2.88. The number of aromatic nitrogens is 4. The lowest BCUT2D eigenvalue weighted by Gasteiger charge is -2.15. The minimum absolute atomic E-state index is 0.0367. The summed E-state index contributed by atoms with van der Waals surface area (Å²) in [5.41, 5.74) is 6.45. The highest BCUT2D eigenvalue weighted by atomic mass is 35.5. The minimum atomic E-state index is -4.22. The molecule has 1 fully saturated rings. The molecule has 0 amide bonds. The maximum absolute atomic E-state index is 11.2. The molecule has 2 unspecified atom stereocenters. The summed E-state index contributed by atoms with van der Waals surface area (Å²) in [6, 6.07) is 0. The van der Waals surface area contributed by atoms with Gasteiger partial charge >= 0.3 is 7.60 Å². The summed E-state index contributed by atoms with van der Waals surface area (Å²) in [7, 11) is -4.22. The summed E-state index contributed by atoms with van der Waals surface area (Å²) in [4.78, 5) is 30.2. The highest BCUT2D eigenvalue weighted by Crippen LogP contribution is 2.48. The number of nitrogens with two attached hydrogens (primary N) is 1. The van der Waals surface area contributed by atoms with Gasteiger partial charge in [0.25, 0.3) is 0 Å². The zero-order chi connectivity index (χ0) is 15.2. The first-order valence-electron chi connectivity index (χ1n) is 6.19. The lowest BCUT2D eigenvalue weighted by molar-refractivity contribution is 0.0621. The molecule has 3 heterocycles. The predicted octanol–water partition coefficient (Wildman–Crippen LogP) is 0.745. The van der Waals surface area contributed by atoms with Crippen molar-refractivity contribution in [1.29, 1.82) is 0 Å². The first-order chi connectivity index (χ1) is 9.84. The molecular weight excluding hydrogens is 321 g/mol. The molecule has 1 aliphatic heterocycles. The van der Waals surface area contributed by atoms with E-state index in [9.17, 15) is 4.57 Å². The van der Waals surface area contributed by atoms with E-state index in [0.29, 0.717) is 30.6 Å². The van der Waals surface area contributed by atoms with Crippen LogP contribution in [0.4, 0.5) is 5.95 Å². The van der Waals surface area contributed by atoms with Gasteiger partial charge in [-0.2, -0.15) is 9.97 Å². The van der Waals surface area contributed by atoms with Gasteiger partial charge in [-0.25, -0.2) is 4.98 Å². The fourth-order valence-corrected chi connectivity index (χ4v) is 3.38. The Morgan fingerprint density at radius 1 is 1.48 bits per heavy atom. The van der Waals surface area contributed by atoms with Gasteiger partial charge < -0.3 is 24.8 Å². The molecule has 114 valence electrons. The topological polar surface area (TPSA) is 136 Å². The van der Waals surface area contributed by atoms with E-state index in [1.807, 2.05) is 0 Å². The molecule has 3 rings (SSSR count). The van der Waals surface area contributed by atoms with Crippen LogP contribution >= 0.6 is 19.2 Å². The van der Waals surface area contributed by atoms with Crippen molar-refractivity contribution in [3.05, 3.63) is 11.5 Å². The van der Waals surface area contributed by atoms with Gasteiger partial charge in [-0.1, -0.05) is 11.6 Å². The summed E-state index contributed by atoms with van der Waals surface area (Å²) in [6.45, 7) is 0.361. The Balaban J connectivity index is 1.82. The zero-order valence-corrected chi connectivity index (χ0v) is 12.4. The molecule has 2 atom stereocenters. The average Bonchev–Trinajstić information content (AvgIpc) is 2.97. The average molecular weight is 334 g/mol. The Morgan fingerprint density at radius 3 is 2.90 bits per heavy atom. The number of rotatable bonds is 3. The minimum Gasteiger partial charge on any atom is -0.368 e. The lowest BCUT2D eigenvalue weighted by atomic mass is 10.2. The maximum Gasteiger partial charge on any atom is 0.354 e. The SMILES string of the molecule is Nc1nc(Cl)c2ncn(CC3CCC(P(=O)(O)O)O3)c2n1. The Kier molecular flexibility index (Phi) is 3.62. The molecule has 0 aliphatic carbocycles. The van der Waals surface area contributed by atoms with E-state index >= 15 is 0 Å². The van der Waals surface area contributed by atoms with E-state index in [1.165, 1.54) is 6.33 Å². The number of ether oxygens (including phenoxy) is 1. The summed E-state index contributed by atoms with van der Waals surface area (Å²) < 4.78 is 18.3. The highest BCUT2D eigenvalue weighted by molar-refractivity contribution is 7.52. The van der Waals surface area contributed by atoms with Gasteiger partial charge in [-0.15, -0.1) is 0 Å². The number of nitrogens with zero attached hydrogens (tertiary/aromatic N) is 4. The van der Waals surface area contributed by atoms with Crippen molar-refractivity contribution in [3.63, 3.8) is 0 Å². The second-order valence-corrected chi connectivity index (χ2v) is 6.93. The van der Waals surface area contributed by atoms with Crippen molar-refractivity contribution in [3.8, 4) is 0 Å². The fourth-order valence-electron chi connectivity index (χ4n) is 2.35. The number of fused-ring (bicyclic) bond motifs is 1.